The molecule has 0 atom stereocenters. The van der Waals surface area contributed by atoms with Crippen molar-refractivity contribution in [2.75, 3.05) is 14.2 Å². The van der Waals surface area contributed by atoms with Crippen LogP contribution < -0.4 is 9.47 Å². The van der Waals surface area contributed by atoms with E-state index in [9.17, 15) is 10.2 Å². The van der Waals surface area contributed by atoms with Gasteiger partial charge in [-0.3, -0.25) is 4.98 Å². The Morgan fingerprint density at radius 1 is 0.909 bits per heavy atom. The number of pyridine rings is 1. The topological polar surface area (TPSA) is 71.8 Å². The van der Waals surface area contributed by atoms with Crippen LogP contribution in [-0.2, 0) is 0 Å². The largest absolute Gasteiger partial charge is 0.508 e. The zero-order chi connectivity index (χ0) is 15.7. The average molecular weight is 297 g/mol. The van der Waals surface area contributed by atoms with Crippen LogP contribution in [-0.4, -0.2) is 29.4 Å². The number of hydrogen-bond acceptors (Lipinski definition) is 5. The van der Waals surface area contributed by atoms with Gasteiger partial charge in [0.05, 0.1) is 19.9 Å². The zero-order valence-corrected chi connectivity index (χ0v) is 12.2. The number of ether oxygens (including phenoxy) is 2. The molecule has 3 aromatic rings. The predicted octanol–water partition coefficient (Wildman–Crippen LogP) is 3.33. The Labute approximate surface area is 127 Å². The highest BCUT2D eigenvalue weighted by atomic mass is 16.5. The molecule has 0 aliphatic carbocycles. The van der Waals surface area contributed by atoms with Gasteiger partial charge in [0.15, 0.2) is 11.5 Å². The van der Waals surface area contributed by atoms with Gasteiger partial charge in [-0.05, 0) is 41.8 Å². The van der Waals surface area contributed by atoms with Gasteiger partial charge in [0.1, 0.15) is 5.75 Å². The van der Waals surface area contributed by atoms with E-state index in [-0.39, 0.29) is 11.5 Å². The van der Waals surface area contributed by atoms with Gasteiger partial charge in [-0.25, -0.2) is 0 Å². The van der Waals surface area contributed by atoms with Crippen LogP contribution in [0.5, 0.6) is 23.0 Å². The summed E-state index contributed by atoms with van der Waals surface area (Å²) >= 11 is 0. The molecular formula is C17H15NO4. The molecule has 0 aliphatic heterocycles. The number of nitrogens with zero attached hydrogens (tertiary/aromatic N) is 1. The molecule has 0 bridgehead atoms. The molecule has 22 heavy (non-hydrogen) atoms. The summed E-state index contributed by atoms with van der Waals surface area (Å²) in [7, 11) is 2.96. The van der Waals surface area contributed by atoms with Gasteiger partial charge < -0.3 is 19.7 Å². The first kappa shape index (κ1) is 14.0. The SMILES string of the molecule is COc1cc(-c2nccc3cc(O)ccc23)cc(OC)c1O. The van der Waals surface area contributed by atoms with E-state index in [2.05, 4.69) is 4.98 Å². The second-order valence-electron chi connectivity index (χ2n) is 4.79. The Balaban J connectivity index is 2.27. The van der Waals surface area contributed by atoms with Crippen molar-refractivity contribution in [1.29, 1.82) is 0 Å². The van der Waals surface area contributed by atoms with E-state index in [4.69, 9.17) is 9.47 Å². The van der Waals surface area contributed by atoms with Crippen molar-refractivity contribution >= 4 is 10.8 Å². The molecular weight excluding hydrogens is 282 g/mol. The fraction of sp³-hybridized carbons (Fsp3) is 0.118. The third-order valence-corrected chi connectivity index (χ3v) is 3.50. The van der Waals surface area contributed by atoms with Crippen LogP contribution in [0.15, 0.2) is 42.6 Å². The van der Waals surface area contributed by atoms with Crippen molar-refractivity contribution < 1.29 is 19.7 Å². The summed E-state index contributed by atoms with van der Waals surface area (Å²) in [6.07, 6.45) is 1.67. The van der Waals surface area contributed by atoms with Crippen LogP contribution in [0.4, 0.5) is 0 Å². The van der Waals surface area contributed by atoms with E-state index in [0.29, 0.717) is 17.2 Å². The van der Waals surface area contributed by atoms with Gasteiger partial charge in [0.25, 0.3) is 0 Å². The van der Waals surface area contributed by atoms with Gasteiger partial charge in [0.2, 0.25) is 5.75 Å². The molecule has 5 heteroatoms. The normalized spacial score (nSPS) is 10.6. The van der Waals surface area contributed by atoms with Gasteiger partial charge in [-0.15, -0.1) is 0 Å². The van der Waals surface area contributed by atoms with Crippen molar-refractivity contribution in [1.82, 2.24) is 4.98 Å². The molecule has 2 N–H and O–H groups in total. The highest BCUT2D eigenvalue weighted by Gasteiger charge is 2.14. The Hall–Kier alpha value is -2.95. The average Bonchev–Trinajstić information content (AvgIpc) is 2.54. The van der Waals surface area contributed by atoms with Crippen LogP contribution in [0.2, 0.25) is 0 Å². The molecule has 0 saturated heterocycles. The smallest absolute Gasteiger partial charge is 0.200 e. The van der Waals surface area contributed by atoms with Crippen LogP contribution in [0, 0.1) is 0 Å². The van der Waals surface area contributed by atoms with E-state index in [0.717, 1.165) is 16.3 Å². The Morgan fingerprint density at radius 2 is 1.59 bits per heavy atom. The predicted molar refractivity (Wildman–Crippen MR) is 83.6 cm³/mol. The van der Waals surface area contributed by atoms with E-state index in [1.807, 2.05) is 6.07 Å². The maximum atomic E-state index is 10.0. The van der Waals surface area contributed by atoms with Crippen molar-refractivity contribution in [2.24, 2.45) is 0 Å². The summed E-state index contributed by atoms with van der Waals surface area (Å²) in [5.74, 6) is 0.774. The third kappa shape index (κ3) is 2.26. The van der Waals surface area contributed by atoms with Crippen LogP contribution in [0.3, 0.4) is 0 Å². The van der Waals surface area contributed by atoms with Gasteiger partial charge in [-0.2, -0.15) is 0 Å². The van der Waals surface area contributed by atoms with Crippen LogP contribution >= 0.6 is 0 Å². The highest BCUT2D eigenvalue weighted by Crippen LogP contribution is 2.41. The highest BCUT2D eigenvalue weighted by molar-refractivity contribution is 5.95. The Kier molecular flexibility index (Phi) is 3.47. The number of benzene rings is 2. The monoisotopic (exact) mass is 297 g/mol. The summed E-state index contributed by atoms with van der Waals surface area (Å²) in [5, 5.41) is 21.4. The first-order valence-corrected chi connectivity index (χ1v) is 6.67. The lowest BCUT2D eigenvalue weighted by Gasteiger charge is -2.12. The number of phenolic OH excluding ortho intramolecular Hbond substituents is 2. The van der Waals surface area contributed by atoms with Gasteiger partial charge >= 0.3 is 0 Å². The second-order valence-corrected chi connectivity index (χ2v) is 4.79. The number of aromatic hydroxyl groups is 2. The summed E-state index contributed by atoms with van der Waals surface area (Å²) in [6.45, 7) is 0. The standard InChI is InChI=1S/C17H15NO4/c1-21-14-8-11(9-15(22-2)17(14)20)16-13-4-3-12(19)7-10(13)5-6-18-16/h3-9,19-20H,1-2H3. The van der Waals surface area contributed by atoms with Gasteiger partial charge in [-0.1, -0.05) is 0 Å². The van der Waals surface area contributed by atoms with Gasteiger partial charge in [0, 0.05) is 17.1 Å². The zero-order valence-electron chi connectivity index (χ0n) is 12.2. The van der Waals surface area contributed by atoms with Crippen molar-refractivity contribution in [3.05, 3.63) is 42.6 Å². The first-order chi connectivity index (χ1) is 10.6. The molecule has 2 aromatic carbocycles. The molecule has 1 aromatic heterocycles. The molecule has 3 rings (SSSR count). The Morgan fingerprint density at radius 3 is 2.23 bits per heavy atom. The molecule has 0 amide bonds. The number of hydrogen-bond donors (Lipinski definition) is 2. The maximum absolute atomic E-state index is 10.0. The third-order valence-electron chi connectivity index (χ3n) is 3.50. The molecule has 112 valence electrons. The molecule has 0 fully saturated rings. The summed E-state index contributed by atoms with van der Waals surface area (Å²) in [5.41, 5.74) is 1.47. The summed E-state index contributed by atoms with van der Waals surface area (Å²) in [4.78, 5) is 4.41. The number of phenols is 2. The minimum absolute atomic E-state index is 0.0494. The van der Waals surface area contributed by atoms with E-state index >= 15 is 0 Å². The number of methoxy groups -OCH3 is 2. The first-order valence-electron chi connectivity index (χ1n) is 6.67. The number of fused-ring (bicyclic) bond motifs is 1. The minimum atomic E-state index is -0.0494. The van der Waals surface area contributed by atoms with Crippen LogP contribution in [0.25, 0.3) is 22.0 Å². The maximum Gasteiger partial charge on any atom is 0.200 e. The number of rotatable bonds is 3. The molecule has 0 saturated carbocycles. The fourth-order valence-corrected chi connectivity index (χ4v) is 2.43. The Bertz CT molecular complexity index is 820. The van der Waals surface area contributed by atoms with Crippen LogP contribution in [0.1, 0.15) is 0 Å². The lowest BCUT2D eigenvalue weighted by molar-refractivity contribution is 0.340. The van der Waals surface area contributed by atoms with Crippen molar-refractivity contribution in [3.8, 4) is 34.3 Å². The van der Waals surface area contributed by atoms with Crippen molar-refractivity contribution in [2.45, 2.75) is 0 Å². The lowest BCUT2D eigenvalue weighted by Crippen LogP contribution is -1.92. The quantitative estimate of drug-likeness (QED) is 0.776. The summed E-state index contributed by atoms with van der Waals surface area (Å²) in [6, 6.07) is 10.3. The number of aromatic nitrogens is 1. The second kappa shape index (κ2) is 5.44. The fourth-order valence-electron chi connectivity index (χ4n) is 2.43. The van der Waals surface area contributed by atoms with E-state index < -0.39 is 0 Å². The molecule has 0 aliphatic rings. The molecule has 0 spiro atoms. The van der Waals surface area contributed by atoms with Crippen molar-refractivity contribution in [3.63, 3.8) is 0 Å². The molecule has 0 unspecified atom stereocenters. The molecule has 1 heterocycles. The molecule has 0 radical (unpaired) electrons. The molecule has 5 nitrogen and oxygen atoms in total. The van der Waals surface area contributed by atoms with E-state index in [1.165, 1.54) is 14.2 Å². The summed E-state index contributed by atoms with van der Waals surface area (Å²) < 4.78 is 10.4. The van der Waals surface area contributed by atoms with E-state index in [1.54, 1.807) is 36.5 Å². The lowest BCUT2D eigenvalue weighted by atomic mass is 10.0. The minimum Gasteiger partial charge on any atom is -0.508 e.